The van der Waals surface area contributed by atoms with Gasteiger partial charge in [0.25, 0.3) is 0 Å². The Morgan fingerprint density at radius 2 is 1.87 bits per heavy atom. The van der Waals surface area contributed by atoms with Crippen LogP contribution < -0.4 is 10.0 Å². The number of allylic oxidation sites excluding steroid dienone is 2. The highest BCUT2D eigenvalue weighted by Gasteiger charge is 2.12. The smallest absolute Gasteiger partial charge is 0.108 e. The van der Waals surface area contributed by atoms with Gasteiger partial charge in [0.15, 0.2) is 0 Å². The monoisotopic (exact) mass is 325 g/mol. The third-order valence-corrected chi connectivity index (χ3v) is 4.83. The number of benzene rings is 2. The quantitative estimate of drug-likeness (QED) is 0.691. The molecule has 23 heavy (non-hydrogen) atoms. The highest BCUT2D eigenvalue weighted by Crippen LogP contribution is 2.28. The van der Waals surface area contributed by atoms with E-state index in [0.717, 1.165) is 54.8 Å². The highest BCUT2D eigenvalue weighted by atomic mass is 32.2. The van der Waals surface area contributed by atoms with Crippen molar-refractivity contribution in [1.82, 2.24) is 0 Å². The third kappa shape index (κ3) is 3.35. The average Bonchev–Trinajstić information content (AvgIpc) is 2.62. The van der Waals surface area contributed by atoms with Gasteiger partial charge in [-0.25, -0.2) is 0 Å². The van der Waals surface area contributed by atoms with Crippen LogP contribution in [0.2, 0.25) is 0 Å². The van der Waals surface area contributed by atoms with E-state index in [2.05, 4.69) is 41.3 Å². The number of fused-ring (bicyclic) bond motifs is 1. The zero-order chi connectivity index (χ0) is 16.2. The molecule has 4 nitrogen and oxygen atoms in total. The first kappa shape index (κ1) is 15.9. The van der Waals surface area contributed by atoms with Gasteiger partial charge in [0.2, 0.25) is 0 Å². The maximum absolute atomic E-state index is 9.13. The molecule has 1 fully saturated rings. The highest BCUT2D eigenvalue weighted by molar-refractivity contribution is 8.01. The number of morpholine rings is 1. The first-order valence-electron chi connectivity index (χ1n) is 7.57. The molecule has 0 bridgehead atoms. The van der Waals surface area contributed by atoms with Crippen molar-refractivity contribution >= 4 is 34.0 Å². The predicted molar refractivity (Wildman–Crippen MR) is 97.0 cm³/mol. The van der Waals surface area contributed by atoms with Crippen molar-refractivity contribution in [2.75, 3.05) is 31.2 Å². The van der Waals surface area contributed by atoms with Gasteiger partial charge in [0.1, 0.15) is 11.0 Å². The Kier molecular flexibility index (Phi) is 4.87. The minimum absolute atomic E-state index is 0.550. The van der Waals surface area contributed by atoms with Gasteiger partial charge in [0.05, 0.1) is 13.2 Å². The fourth-order valence-corrected chi connectivity index (χ4v) is 3.16. The number of ether oxygens (including phenoxy) is 1. The lowest BCUT2D eigenvalue weighted by atomic mass is 10.0. The first-order chi connectivity index (χ1) is 11.2. The number of nitriles is 1. The van der Waals surface area contributed by atoms with E-state index < -0.39 is 0 Å². The van der Waals surface area contributed by atoms with E-state index in [-0.39, 0.29) is 0 Å². The van der Waals surface area contributed by atoms with E-state index in [1.54, 1.807) is 0 Å². The molecule has 5 heteroatoms. The second-order valence-corrected chi connectivity index (χ2v) is 6.17. The summed E-state index contributed by atoms with van der Waals surface area (Å²) >= 11 is 0.999. The van der Waals surface area contributed by atoms with Gasteiger partial charge in [-0.2, -0.15) is 5.26 Å². The van der Waals surface area contributed by atoms with Crippen LogP contribution in [0.5, 0.6) is 0 Å². The zero-order valence-corrected chi connectivity index (χ0v) is 13.9. The molecule has 2 aromatic rings. The molecule has 0 aromatic heterocycles. The minimum Gasteiger partial charge on any atom is -0.378 e. The van der Waals surface area contributed by atoms with Crippen LogP contribution in [0, 0.1) is 11.3 Å². The molecule has 0 unspecified atom stereocenters. The lowest BCUT2D eigenvalue weighted by molar-refractivity contribution is 0.122. The Bertz CT molecular complexity index is 788. The molecule has 2 aromatic carbocycles. The van der Waals surface area contributed by atoms with Crippen LogP contribution in [-0.2, 0) is 4.74 Å². The molecular formula is C18H19N3OS. The summed E-state index contributed by atoms with van der Waals surface area (Å²) in [6, 6.07) is 14.9. The van der Waals surface area contributed by atoms with Crippen LogP contribution in [0.25, 0.3) is 16.3 Å². The summed E-state index contributed by atoms with van der Waals surface area (Å²) in [6.45, 7) is 5.38. The second-order valence-electron chi connectivity index (χ2n) is 5.53. The molecule has 2 N–H and O–H groups in total. The molecule has 1 saturated heterocycles. The van der Waals surface area contributed by atoms with E-state index in [0.29, 0.717) is 4.91 Å². The average molecular weight is 325 g/mol. The summed E-state index contributed by atoms with van der Waals surface area (Å²) in [5, 5.41) is 17.0. The molecule has 0 aliphatic carbocycles. The number of hydrogen-bond acceptors (Lipinski definition) is 5. The molecule has 3 rings (SSSR count). The van der Waals surface area contributed by atoms with Crippen LogP contribution in [0.1, 0.15) is 12.5 Å². The van der Waals surface area contributed by atoms with Gasteiger partial charge in [-0.3, -0.25) is 5.14 Å². The van der Waals surface area contributed by atoms with Crippen LogP contribution in [-0.4, -0.2) is 26.3 Å². The predicted octanol–water partition coefficient (Wildman–Crippen LogP) is 3.54. The van der Waals surface area contributed by atoms with Crippen molar-refractivity contribution in [1.29, 1.82) is 5.26 Å². The lowest BCUT2D eigenvalue weighted by Crippen LogP contribution is -2.36. The van der Waals surface area contributed by atoms with Crippen LogP contribution in [0.4, 0.5) is 5.69 Å². The molecule has 0 radical (unpaired) electrons. The number of anilines is 1. The topological polar surface area (TPSA) is 62.3 Å². The number of rotatable bonds is 3. The van der Waals surface area contributed by atoms with Crippen LogP contribution >= 0.6 is 11.9 Å². The Morgan fingerprint density at radius 3 is 2.57 bits per heavy atom. The van der Waals surface area contributed by atoms with E-state index in [1.165, 1.54) is 11.1 Å². The fraction of sp³-hybridized carbons (Fsp3) is 0.278. The van der Waals surface area contributed by atoms with Crippen molar-refractivity contribution in [3.8, 4) is 6.07 Å². The summed E-state index contributed by atoms with van der Waals surface area (Å²) in [4.78, 5) is 2.90. The minimum atomic E-state index is 0.550. The first-order valence-corrected chi connectivity index (χ1v) is 8.45. The molecular weight excluding hydrogens is 306 g/mol. The van der Waals surface area contributed by atoms with E-state index in [1.807, 2.05) is 13.0 Å². The number of hydrogen-bond donors (Lipinski definition) is 1. The SMILES string of the molecule is C/C(=C(/C#N)SN)c1ccc2cc(N3CCOCC3)ccc2c1. The van der Waals surface area contributed by atoms with Crippen molar-refractivity contribution in [2.24, 2.45) is 5.14 Å². The van der Waals surface area contributed by atoms with Crippen molar-refractivity contribution in [3.05, 3.63) is 46.9 Å². The summed E-state index contributed by atoms with van der Waals surface area (Å²) < 4.78 is 5.41. The summed E-state index contributed by atoms with van der Waals surface area (Å²) in [5.74, 6) is 0. The largest absolute Gasteiger partial charge is 0.378 e. The van der Waals surface area contributed by atoms with Crippen molar-refractivity contribution in [3.63, 3.8) is 0 Å². The zero-order valence-electron chi connectivity index (χ0n) is 13.1. The Balaban J connectivity index is 1.96. The molecule has 0 spiro atoms. The summed E-state index contributed by atoms with van der Waals surface area (Å²) in [5.41, 5.74) is 3.18. The van der Waals surface area contributed by atoms with Gasteiger partial charge >= 0.3 is 0 Å². The Labute approximate surface area is 140 Å². The van der Waals surface area contributed by atoms with Crippen LogP contribution in [0.15, 0.2) is 41.3 Å². The summed E-state index contributed by atoms with van der Waals surface area (Å²) in [6.07, 6.45) is 0. The van der Waals surface area contributed by atoms with Gasteiger partial charge in [-0.15, -0.1) is 0 Å². The molecule has 0 saturated carbocycles. The number of nitrogens with two attached hydrogens (primary N) is 1. The molecule has 1 heterocycles. The van der Waals surface area contributed by atoms with E-state index in [9.17, 15) is 0 Å². The van der Waals surface area contributed by atoms with Gasteiger partial charge in [0, 0.05) is 18.8 Å². The summed E-state index contributed by atoms with van der Waals surface area (Å²) in [7, 11) is 0. The second kappa shape index (κ2) is 7.05. The Morgan fingerprint density at radius 1 is 1.17 bits per heavy atom. The molecule has 1 aliphatic heterocycles. The third-order valence-electron chi connectivity index (χ3n) is 4.19. The Hall–Kier alpha value is -2.00. The van der Waals surface area contributed by atoms with Crippen LogP contribution in [0.3, 0.4) is 0 Å². The molecule has 118 valence electrons. The van der Waals surface area contributed by atoms with E-state index in [4.69, 9.17) is 15.1 Å². The maximum atomic E-state index is 9.13. The van der Waals surface area contributed by atoms with Crippen molar-refractivity contribution in [2.45, 2.75) is 6.92 Å². The normalized spacial score (nSPS) is 16.1. The van der Waals surface area contributed by atoms with E-state index >= 15 is 0 Å². The fourth-order valence-electron chi connectivity index (χ4n) is 2.81. The maximum Gasteiger partial charge on any atom is 0.108 e. The van der Waals surface area contributed by atoms with Gasteiger partial charge < -0.3 is 9.64 Å². The van der Waals surface area contributed by atoms with Crippen molar-refractivity contribution < 1.29 is 4.74 Å². The van der Waals surface area contributed by atoms with Gasteiger partial charge in [-0.1, -0.05) is 18.2 Å². The molecule has 1 aliphatic rings. The molecule has 0 atom stereocenters. The molecule has 0 amide bonds. The standard InChI is InChI=1S/C18H19N3OS/c1-13(18(12-19)23-20)14-2-3-16-11-17(5-4-15(16)10-14)21-6-8-22-9-7-21/h2-5,10-11H,6-9,20H2,1H3/b18-13+. The lowest BCUT2D eigenvalue weighted by Gasteiger charge is -2.29. The number of nitrogens with zero attached hydrogens (tertiary/aromatic N) is 2. The van der Waals surface area contributed by atoms with Gasteiger partial charge in [-0.05, 0) is 59.0 Å².